The second-order valence-electron chi connectivity index (χ2n) is 5.71. The Kier molecular flexibility index (Phi) is 4.66. The van der Waals surface area contributed by atoms with Crippen molar-refractivity contribution in [2.75, 3.05) is 0 Å². The molecule has 0 radical (unpaired) electrons. The van der Waals surface area contributed by atoms with Crippen molar-refractivity contribution in [3.63, 3.8) is 0 Å². The van der Waals surface area contributed by atoms with Crippen LogP contribution in [0.2, 0.25) is 0 Å². The van der Waals surface area contributed by atoms with Crippen molar-refractivity contribution in [1.29, 1.82) is 0 Å². The highest BCUT2D eigenvalue weighted by Gasteiger charge is 2.24. The Morgan fingerprint density at radius 1 is 1.29 bits per heavy atom. The molecule has 0 saturated carbocycles. The molecule has 21 heavy (non-hydrogen) atoms. The van der Waals surface area contributed by atoms with Crippen molar-refractivity contribution >= 4 is 23.1 Å². The topological polar surface area (TPSA) is 56.7 Å². The van der Waals surface area contributed by atoms with Gasteiger partial charge < -0.3 is 10.3 Å². The van der Waals surface area contributed by atoms with Gasteiger partial charge in [-0.3, -0.25) is 0 Å². The minimum Gasteiger partial charge on any atom is -0.327 e. The van der Waals surface area contributed by atoms with Crippen LogP contribution in [-0.4, -0.2) is 20.8 Å². The lowest BCUT2D eigenvalue weighted by Gasteiger charge is -2.19. The summed E-state index contributed by atoms with van der Waals surface area (Å²) < 4.78 is 2.30. The second kappa shape index (κ2) is 6.50. The van der Waals surface area contributed by atoms with Crippen LogP contribution in [0.3, 0.4) is 0 Å². The van der Waals surface area contributed by atoms with Crippen LogP contribution in [0.15, 0.2) is 17.3 Å². The molecule has 4 nitrogen and oxygen atoms in total. The van der Waals surface area contributed by atoms with Gasteiger partial charge >= 0.3 is 0 Å². The van der Waals surface area contributed by atoms with Gasteiger partial charge in [0.2, 0.25) is 0 Å². The van der Waals surface area contributed by atoms with Crippen molar-refractivity contribution < 1.29 is 0 Å². The minimum absolute atomic E-state index is 0.0896. The number of hydrogen-bond acceptors (Lipinski definition) is 5. The first-order valence-corrected chi connectivity index (χ1v) is 9.25. The molecule has 0 fully saturated rings. The highest BCUT2D eigenvalue weighted by atomic mass is 32.2. The van der Waals surface area contributed by atoms with Crippen LogP contribution in [-0.2, 0) is 13.0 Å². The summed E-state index contributed by atoms with van der Waals surface area (Å²) >= 11 is 3.60. The van der Waals surface area contributed by atoms with E-state index in [9.17, 15) is 0 Å². The van der Waals surface area contributed by atoms with E-state index in [1.54, 1.807) is 11.8 Å². The molecule has 0 spiro atoms. The Labute approximate surface area is 134 Å². The first kappa shape index (κ1) is 15.1. The van der Waals surface area contributed by atoms with Crippen molar-refractivity contribution in [3.05, 3.63) is 27.7 Å². The maximum absolute atomic E-state index is 6.23. The third-order valence-corrected chi connectivity index (χ3v) is 6.51. The number of rotatable bonds is 4. The number of hydrogen-bond donors (Lipinski definition) is 1. The summed E-state index contributed by atoms with van der Waals surface area (Å²) in [7, 11) is 0. The van der Waals surface area contributed by atoms with Crippen LogP contribution in [0.4, 0.5) is 0 Å². The van der Waals surface area contributed by atoms with Gasteiger partial charge in [0.15, 0.2) is 5.16 Å². The first-order valence-electron chi connectivity index (χ1n) is 7.56. The number of thioether (sulfide) groups is 1. The van der Waals surface area contributed by atoms with Crippen molar-refractivity contribution in [1.82, 2.24) is 14.8 Å². The summed E-state index contributed by atoms with van der Waals surface area (Å²) in [5.41, 5.74) is 6.23. The SMILES string of the molecule is Cc1ccc(C(Sc2nnc3n2CCCCC3)C(C)N)s1. The minimum atomic E-state index is 0.0896. The zero-order valence-electron chi connectivity index (χ0n) is 12.6. The first-order chi connectivity index (χ1) is 10.1. The third kappa shape index (κ3) is 3.33. The summed E-state index contributed by atoms with van der Waals surface area (Å²) in [5, 5.41) is 10.1. The molecule has 2 unspecified atom stereocenters. The van der Waals surface area contributed by atoms with Crippen molar-refractivity contribution in [3.8, 4) is 0 Å². The van der Waals surface area contributed by atoms with Gasteiger partial charge in [-0.1, -0.05) is 18.2 Å². The van der Waals surface area contributed by atoms with Crippen molar-refractivity contribution in [2.45, 2.75) is 62.5 Å². The standard InChI is InChI=1S/C15H22N4S2/c1-10-7-8-12(20-10)14(11(2)16)21-15-18-17-13-6-4-3-5-9-19(13)15/h7-8,11,14H,3-6,9,16H2,1-2H3. The van der Waals surface area contributed by atoms with Crippen LogP contribution >= 0.6 is 23.1 Å². The predicted molar refractivity (Wildman–Crippen MR) is 88.9 cm³/mol. The fourth-order valence-electron chi connectivity index (χ4n) is 2.69. The molecule has 3 rings (SSSR count). The Morgan fingerprint density at radius 3 is 2.86 bits per heavy atom. The van der Waals surface area contributed by atoms with E-state index in [0.29, 0.717) is 0 Å². The van der Waals surface area contributed by atoms with E-state index in [4.69, 9.17) is 5.73 Å². The van der Waals surface area contributed by atoms with E-state index >= 15 is 0 Å². The summed E-state index contributed by atoms with van der Waals surface area (Å²) in [4.78, 5) is 2.66. The van der Waals surface area contributed by atoms with Gasteiger partial charge in [-0.15, -0.1) is 21.5 Å². The molecule has 0 bridgehead atoms. The number of thiophene rings is 1. The highest BCUT2D eigenvalue weighted by Crippen LogP contribution is 2.40. The molecule has 2 aromatic heterocycles. The molecule has 1 aliphatic rings. The monoisotopic (exact) mass is 322 g/mol. The lowest BCUT2D eigenvalue weighted by atomic mass is 10.2. The molecular weight excluding hydrogens is 300 g/mol. The maximum atomic E-state index is 6.23. The average molecular weight is 323 g/mol. The van der Waals surface area contributed by atoms with E-state index in [0.717, 1.165) is 23.9 Å². The molecular formula is C15H22N4S2. The number of aryl methyl sites for hydroxylation is 2. The zero-order chi connectivity index (χ0) is 14.8. The number of fused-ring (bicyclic) bond motifs is 1. The zero-order valence-corrected chi connectivity index (χ0v) is 14.2. The van der Waals surface area contributed by atoms with Crippen LogP contribution in [0.25, 0.3) is 0 Å². The summed E-state index contributed by atoms with van der Waals surface area (Å²) in [6, 6.07) is 4.45. The fraction of sp³-hybridized carbons (Fsp3) is 0.600. The fourth-order valence-corrected chi connectivity index (χ4v) is 5.00. The molecule has 2 N–H and O–H groups in total. The summed E-state index contributed by atoms with van der Waals surface area (Å²) in [6.07, 6.45) is 4.78. The normalized spacial score (nSPS) is 18.0. The molecule has 1 aliphatic heterocycles. The van der Waals surface area contributed by atoms with Gasteiger partial charge in [-0.25, -0.2) is 0 Å². The van der Waals surface area contributed by atoms with Crippen LogP contribution < -0.4 is 5.73 Å². The number of nitrogens with zero attached hydrogens (tertiary/aromatic N) is 3. The Bertz CT molecular complexity index is 603. The highest BCUT2D eigenvalue weighted by molar-refractivity contribution is 7.99. The smallest absolute Gasteiger partial charge is 0.191 e. The lowest BCUT2D eigenvalue weighted by molar-refractivity contribution is 0.588. The molecule has 0 saturated heterocycles. The van der Waals surface area contributed by atoms with Gasteiger partial charge in [0.1, 0.15) is 5.82 Å². The Balaban J connectivity index is 1.85. The van der Waals surface area contributed by atoms with Crippen LogP contribution in [0.1, 0.15) is 47.0 Å². The lowest BCUT2D eigenvalue weighted by Crippen LogP contribution is -2.22. The summed E-state index contributed by atoms with van der Waals surface area (Å²) in [5.74, 6) is 1.14. The molecule has 0 aliphatic carbocycles. The molecule has 2 aromatic rings. The van der Waals surface area contributed by atoms with Gasteiger partial charge in [0, 0.05) is 28.8 Å². The quantitative estimate of drug-likeness (QED) is 0.875. The Morgan fingerprint density at radius 2 is 2.14 bits per heavy atom. The molecule has 3 heterocycles. The summed E-state index contributed by atoms with van der Waals surface area (Å²) in [6.45, 7) is 5.26. The van der Waals surface area contributed by atoms with Gasteiger partial charge in [-0.2, -0.15) is 0 Å². The van der Waals surface area contributed by atoms with E-state index in [-0.39, 0.29) is 11.3 Å². The second-order valence-corrected chi connectivity index (χ2v) is 8.14. The van der Waals surface area contributed by atoms with E-state index in [1.807, 2.05) is 11.3 Å². The number of nitrogens with two attached hydrogens (primary N) is 1. The molecule has 0 amide bonds. The average Bonchev–Trinajstić information content (AvgIpc) is 2.95. The van der Waals surface area contributed by atoms with E-state index < -0.39 is 0 Å². The molecule has 6 heteroatoms. The van der Waals surface area contributed by atoms with Crippen molar-refractivity contribution in [2.24, 2.45) is 5.73 Å². The van der Waals surface area contributed by atoms with E-state index in [1.165, 1.54) is 29.0 Å². The van der Waals surface area contributed by atoms with E-state index in [2.05, 4.69) is 40.7 Å². The predicted octanol–water partition coefficient (Wildman–Crippen LogP) is 3.56. The Hall–Kier alpha value is -0.850. The molecule has 114 valence electrons. The molecule has 0 aromatic carbocycles. The largest absolute Gasteiger partial charge is 0.327 e. The van der Waals surface area contributed by atoms with Gasteiger partial charge in [0.25, 0.3) is 0 Å². The van der Waals surface area contributed by atoms with Crippen LogP contribution in [0.5, 0.6) is 0 Å². The van der Waals surface area contributed by atoms with Gasteiger partial charge in [0.05, 0.1) is 5.25 Å². The van der Waals surface area contributed by atoms with Gasteiger partial charge in [-0.05, 0) is 38.8 Å². The third-order valence-electron chi connectivity index (χ3n) is 3.83. The molecule has 2 atom stereocenters. The number of aromatic nitrogens is 3. The van der Waals surface area contributed by atoms with Crippen LogP contribution in [0, 0.1) is 6.92 Å². The maximum Gasteiger partial charge on any atom is 0.191 e.